The topological polar surface area (TPSA) is 71.0 Å². The van der Waals surface area contributed by atoms with Crippen LogP contribution in [0.5, 0.6) is 0 Å². The van der Waals surface area contributed by atoms with Crippen LogP contribution in [0.15, 0.2) is 24.4 Å². The molecule has 126 valence electrons. The molecule has 3 rings (SSSR count). The van der Waals surface area contributed by atoms with E-state index in [9.17, 15) is 4.79 Å². The molecule has 6 heteroatoms. The van der Waals surface area contributed by atoms with Crippen LogP contribution in [0.2, 0.25) is 0 Å². The molecule has 1 N–H and O–H groups in total. The van der Waals surface area contributed by atoms with Crippen molar-refractivity contribution in [2.75, 3.05) is 23.3 Å². The zero-order valence-electron chi connectivity index (χ0n) is 14.4. The Labute approximate surface area is 142 Å². The average molecular weight is 325 g/mol. The molecule has 0 unspecified atom stereocenters. The Hall–Kier alpha value is -2.50. The number of hydrogen-bond acceptors (Lipinski definition) is 5. The van der Waals surface area contributed by atoms with Crippen LogP contribution in [0.25, 0.3) is 0 Å². The molecule has 0 radical (unpaired) electrons. The summed E-state index contributed by atoms with van der Waals surface area (Å²) >= 11 is 0. The summed E-state index contributed by atoms with van der Waals surface area (Å²) in [4.78, 5) is 27.8. The van der Waals surface area contributed by atoms with Crippen molar-refractivity contribution in [1.82, 2.24) is 15.0 Å². The lowest BCUT2D eigenvalue weighted by atomic mass is 9.96. The van der Waals surface area contributed by atoms with Gasteiger partial charge in [-0.15, -0.1) is 0 Å². The van der Waals surface area contributed by atoms with Gasteiger partial charge in [0.05, 0.1) is 0 Å². The minimum atomic E-state index is 0.00950. The first-order valence-corrected chi connectivity index (χ1v) is 8.32. The highest BCUT2D eigenvalue weighted by molar-refractivity contribution is 5.91. The third-order valence-corrected chi connectivity index (χ3v) is 4.28. The molecule has 2 aromatic rings. The van der Waals surface area contributed by atoms with Crippen molar-refractivity contribution >= 4 is 17.7 Å². The Kier molecular flexibility index (Phi) is 4.74. The number of amides is 1. The molecule has 3 heterocycles. The largest absolute Gasteiger partial charge is 0.341 e. The van der Waals surface area contributed by atoms with Crippen molar-refractivity contribution in [3.8, 4) is 0 Å². The predicted molar refractivity (Wildman–Crippen MR) is 94.0 cm³/mol. The van der Waals surface area contributed by atoms with E-state index < -0.39 is 0 Å². The molecule has 0 spiro atoms. The molecule has 0 bridgehead atoms. The zero-order valence-corrected chi connectivity index (χ0v) is 14.4. The van der Waals surface area contributed by atoms with E-state index in [2.05, 4.69) is 25.2 Å². The Bertz CT molecular complexity index is 700. The van der Waals surface area contributed by atoms with Gasteiger partial charge in [0.15, 0.2) is 0 Å². The van der Waals surface area contributed by atoms with Crippen molar-refractivity contribution in [2.45, 2.75) is 33.6 Å². The molecule has 6 nitrogen and oxygen atoms in total. The second-order valence-electron chi connectivity index (χ2n) is 6.42. The van der Waals surface area contributed by atoms with Crippen LogP contribution in [-0.2, 0) is 4.79 Å². The van der Waals surface area contributed by atoms with Crippen molar-refractivity contribution in [3.05, 3.63) is 41.3 Å². The van der Waals surface area contributed by atoms with Crippen molar-refractivity contribution in [2.24, 2.45) is 5.92 Å². The smallest absolute Gasteiger partial charge is 0.228 e. The third-order valence-electron chi connectivity index (χ3n) is 4.28. The van der Waals surface area contributed by atoms with Gasteiger partial charge in [0.2, 0.25) is 11.9 Å². The van der Waals surface area contributed by atoms with E-state index in [1.54, 1.807) is 6.20 Å². The number of aryl methyl sites for hydroxylation is 3. The number of aromatic nitrogens is 3. The molecule has 1 aliphatic rings. The Balaban J connectivity index is 1.58. The van der Waals surface area contributed by atoms with E-state index in [1.165, 1.54) is 0 Å². The number of carbonyl (C=O) groups excluding carboxylic acids is 1. The summed E-state index contributed by atoms with van der Waals surface area (Å²) in [7, 11) is 0. The van der Waals surface area contributed by atoms with Crippen LogP contribution in [0.3, 0.4) is 0 Å². The van der Waals surface area contributed by atoms with Gasteiger partial charge in [-0.3, -0.25) is 4.79 Å². The number of hydrogen-bond donors (Lipinski definition) is 1. The van der Waals surface area contributed by atoms with Crippen LogP contribution in [0.1, 0.15) is 29.8 Å². The van der Waals surface area contributed by atoms with Gasteiger partial charge in [-0.05, 0) is 51.3 Å². The number of nitrogens with one attached hydrogen (secondary N) is 1. The van der Waals surface area contributed by atoms with Gasteiger partial charge in [-0.2, -0.15) is 0 Å². The highest BCUT2D eigenvalue weighted by atomic mass is 16.1. The van der Waals surface area contributed by atoms with Gasteiger partial charge in [-0.25, -0.2) is 15.0 Å². The molecule has 1 saturated heterocycles. The Morgan fingerprint density at radius 2 is 1.79 bits per heavy atom. The lowest BCUT2D eigenvalue weighted by Crippen LogP contribution is -2.39. The van der Waals surface area contributed by atoms with Crippen molar-refractivity contribution < 1.29 is 4.79 Å². The van der Waals surface area contributed by atoms with E-state index in [1.807, 2.05) is 39.0 Å². The van der Waals surface area contributed by atoms with E-state index in [0.717, 1.165) is 48.8 Å². The number of anilines is 2. The maximum Gasteiger partial charge on any atom is 0.228 e. The lowest BCUT2D eigenvalue weighted by Gasteiger charge is -2.31. The average Bonchev–Trinajstić information content (AvgIpc) is 2.56. The molecular weight excluding hydrogens is 302 g/mol. The molecule has 2 aromatic heterocycles. The summed E-state index contributed by atoms with van der Waals surface area (Å²) in [6, 6.07) is 5.76. The van der Waals surface area contributed by atoms with Gasteiger partial charge in [-0.1, -0.05) is 6.07 Å². The normalized spacial score (nSPS) is 15.4. The highest BCUT2D eigenvalue weighted by Gasteiger charge is 2.26. The van der Waals surface area contributed by atoms with Crippen LogP contribution in [0.4, 0.5) is 11.8 Å². The minimum absolute atomic E-state index is 0.00950. The monoisotopic (exact) mass is 325 g/mol. The van der Waals surface area contributed by atoms with Gasteiger partial charge in [0.1, 0.15) is 5.82 Å². The van der Waals surface area contributed by atoms with E-state index in [-0.39, 0.29) is 11.8 Å². The standard InChI is InChI=1S/C18H23N5O/c1-12-4-5-16(19-11-12)22-17(24)15-6-8-23(9-7-15)18-20-13(2)10-14(3)21-18/h4-5,10-11,15H,6-9H2,1-3H3,(H,19,22,24). The molecule has 0 aromatic carbocycles. The maximum atomic E-state index is 12.4. The second-order valence-corrected chi connectivity index (χ2v) is 6.42. The Morgan fingerprint density at radius 3 is 2.38 bits per heavy atom. The van der Waals surface area contributed by atoms with Crippen LogP contribution < -0.4 is 10.2 Å². The van der Waals surface area contributed by atoms with Crippen molar-refractivity contribution in [1.29, 1.82) is 0 Å². The number of piperidine rings is 1. The van der Waals surface area contributed by atoms with Gasteiger partial charge >= 0.3 is 0 Å². The van der Waals surface area contributed by atoms with E-state index in [4.69, 9.17) is 0 Å². The van der Waals surface area contributed by atoms with Crippen LogP contribution >= 0.6 is 0 Å². The fourth-order valence-corrected chi connectivity index (χ4v) is 2.96. The summed E-state index contributed by atoms with van der Waals surface area (Å²) in [5.41, 5.74) is 3.03. The molecular formula is C18H23N5O. The zero-order chi connectivity index (χ0) is 17.1. The number of rotatable bonds is 3. The molecule has 0 atom stereocenters. The van der Waals surface area contributed by atoms with E-state index >= 15 is 0 Å². The highest BCUT2D eigenvalue weighted by Crippen LogP contribution is 2.22. The number of nitrogens with zero attached hydrogens (tertiary/aromatic N) is 4. The second kappa shape index (κ2) is 6.95. The molecule has 0 saturated carbocycles. The fraction of sp³-hybridized carbons (Fsp3) is 0.444. The summed E-state index contributed by atoms with van der Waals surface area (Å²) in [6.07, 6.45) is 3.36. The minimum Gasteiger partial charge on any atom is -0.341 e. The molecule has 1 amide bonds. The quantitative estimate of drug-likeness (QED) is 0.939. The number of pyridine rings is 1. The summed E-state index contributed by atoms with van der Waals surface area (Å²) in [6.45, 7) is 7.52. The third kappa shape index (κ3) is 3.88. The molecule has 0 aliphatic carbocycles. The molecule has 1 fully saturated rings. The predicted octanol–water partition coefficient (Wildman–Crippen LogP) is 2.65. The molecule has 24 heavy (non-hydrogen) atoms. The number of carbonyl (C=O) groups is 1. The molecule has 1 aliphatic heterocycles. The first kappa shape index (κ1) is 16.4. The van der Waals surface area contributed by atoms with Crippen LogP contribution in [0, 0.1) is 26.7 Å². The maximum absolute atomic E-state index is 12.4. The summed E-state index contributed by atoms with van der Waals surface area (Å²) < 4.78 is 0. The van der Waals surface area contributed by atoms with Gasteiger partial charge < -0.3 is 10.2 Å². The summed E-state index contributed by atoms with van der Waals surface area (Å²) in [5.74, 6) is 1.44. The van der Waals surface area contributed by atoms with Crippen LogP contribution in [-0.4, -0.2) is 33.9 Å². The van der Waals surface area contributed by atoms with Crippen molar-refractivity contribution in [3.63, 3.8) is 0 Å². The lowest BCUT2D eigenvalue weighted by molar-refractivity contribution is -0.120. The SMILES string of the molecule is Cc1ccc(NC(=O)C2CCN(c3nc(C)cc(C)n3)CC2)nc1. The van der Waals surface area contributed by atoms with E-state index in [0.29, 0.717) is 5.82 Å². The Morgan fingerprint density at radius 1 is 1.12 bits per heavy atom. The summed E-state index contributed by atoms with van der Waals surface area (Å²) in [5, 5.41) is 2.91. The fourth-order valence-electron chi connectivity index (χ4n) is 2.96. The van der Waals surface area contributed by atoms with Gasteiger partial charge in [0, 0.05) is 36.6 Å². The first-order chi connectivity index (χ1) is 11.5. The van der Waals surface area contributed by atoms with Gasteiger partial charge in [0.25, 0.3) is 0 Å². The first-order valence-electron chi connectivity index (χ1n) is 8.32.